The fourth-order valence-electron chi connectivity index (χ4n) is 3.18. The number of methoxy groups -OCH3 is 1. The second kappa shape index (κ2) is 8.73. The predicted octanol–water partition coefficient (Wildman–Crippen LogP) is 1.25. The Bertz CT molecular complexity index is 849. The summed E-state index contributed by atoms with van der Waals surface area (Å²) in [6, 6.07) is 7.26. The highest BCUT2D eigenvalue weighted by Crippen LogP contribution is 2.25. The van der Waals surface area contributed by atoms with Crippen molar-refractivity contribution in [1.29, 1.82) is 0 Å². The van der Waals surface area contributed by atoms with E-state index in [4.69, 9.17) is 9.47 Å². The molecule has 2 heterocycles. The van der Waals surface area contributed by atoms with Crippen LogP contribution < -0.4 is 20.1 Å². The van der Waals surface area contributed by atoms with Gasteiger partial charge in [-0.05, 0) is 24.5 Å². The Morgan fingerprint density at radius 1 is 1.36 bits per heavy atom. The molecular weight excluding hydrogens is 362 g/mol. The Labute approximate surface area is 163 Å². The van der Waals surface area contributed by atoms with E-state index in [1.54, 1.807) is 19.2 Å². The van der Waals surface area contributed by atoms with Crippen LogP contribution in [0.4, 0.5) is 0 Å². The summed E-state index contributed by atoms with van der Waals surface area (Å²) in [5.74, 6) is 0.880. The molecule has 0 saturated heterocycles. The van der Waals surface area contributed by atoms with Gasteiger partial charge in [-0.3, -0.25) is 9.59 Å². The maximum Gasteiger partial charge on any atom is 0.274 e. The quantitative estimate of drug-likeness (QED) is 0.660. The maximum absolute atomic E-state index is 12.4. The molecule has 0 fully saturated rings. The van der Waals surface area contributed by atoms with Crippen LogP contribution in [-0.2, 0) is 6.54 Å². The maximum atomic E-state index is 12.4. The van der Waals surface area contributed by atoms with Crippen LogP contribution in [0.2, 0.25) is 0 Å². The number of para-hydroxylation sites is 2. The van der Waals surface area contributed by atoms with Crippen LogP contribution in [0.25, 0.3) is 0 Å². The van der Waals surface area contributed by atoms with Gasteiger partial charge < -0.3 is 20.1 Å². The van der Waals surface area contributed by atoms with Crippen LogP contribution in [-0.4, -0.2) is 53.1 Å². The topological polar surface area (TPSA) is 107 Å². The molecule has 9 heteroatoms. The summed E-state index contributed by atoms with van der Waals surface area (Å²) in [7, 11) is 1.57. The summed E-state index contributed by atoms with van der Waals surface area (Å²) in [4.78, 5) is 24.8. The number of nitrogens with one attached hydrogen (secondary N) is 2. The standard InChI is InChI=1S/C19H25N5O4/c1-12(2)10-13-11-24-17(19(26)21-13)16(22-23-24)18(25)20-8-9-28-15-7-5-4-6-14(15)27-3/h4-7,12-13H,8-11H2,1-3H3,(H,20,25)(H,21,26)/t13-/m0/s1. The Balaban J connectivity index is 1.56. The zero-order valence-corrected chi connectivity index (χ0v) is 16.3. The molecule has 1 atom stereocenters. The van der Waals surface area contributed by atoms with Gasteiger partial charge in [0.05, 0.1) is 20.2 Å². The van der Waals surface area contributed by atoms with Gasteiger partial charge in [0.1, 0.15) is 6.61 Å². The smallest absolute Gasteiger partial charge is 0.274 e. The van der Waals surface area contributed by atoms with E-state index < -0.39 is 5.91 Å². The summed E-state index contributed by atoms with van der Waals surface area (Å²) in [5.41, 5.74) is 0.223. The first-order chi connectivity index (χ1) is 13.5. The first-order valence-corrected chi connectivity index (χ1v) is 9.28. The van der Waals surface area contributed by atoms with Crippen LogP contribution in [0.1, 0.15) is 41.2 Å². The number of fused-ring (bicyclic) bond motifs is 1. The van der Waals surface area contributed by atoms with Crippen molar-refractivity contribution < 1.29 is 19.1 Å². The molecule has 2 amide bonds. The lowest BCUT2D eigenvalue weighted by Gasteiger charge is -2.25. The van der Waals surface area contributed by atoms with E-state index in [1.807, 2.05) is 12.1 Å². The largest absolute Gasteiger partial charge is 0.493 e. The van der Waals surface area contributed by atoms with Gasteiger partial charge >= 0.3 is 0 Å². The highest BCUT2D eigenvalue weighted by Gasteiger charge is 2.32. The summed E-state index contributed by atoms with van der Waals surface area (Å²) >= 11 is 0. The molecule has 1 aromatic heterocycles. The number of rotatable bonds is 8. The summed E-state index contributed by atoms with van der Waals surface area (Å²) < 4.78 is 12.3. The van der Waals surface area contributed by atoms with E-state index in [1.165, 1.54) is 4.68 Å². The van der Waals surface area contributed by atoms with Gasteiger partial charge in [-0.1, -0.05) is 31.2 Å². The summed E-state index contributed by atoms with van der Waals surface area (Å²) in [6.45, 7) is 5.19. The van der Waals surface area contributed by atoms with Crippen molar-refractivity contribution in [2.45, 2.75) is 32.9 Å². The number of benzene rings is 1. The molecule has 1 aliphatic heterocycles. The zero-order valence-electron chi connectivity index (χ0n) is 16.3. The SMILES string of the molecule is COc1ccccc1OCCNC(=O)c1nnn2c1C(=O)N[C@@H](CC(C)C)C2. The third-order valence-electron chi connectivity index (χ3n) is 4.36. The van der Waals surface area contributed by atoms with Crippen LogP contribution in [0.5, 0.6) is 11.5 Å². The van der Waals surface area contributed by atoms with Crippen molar-refractivity contribution in [3.63, 3.8) is 0 Å². The molecule has 0 aliphatic carbocycles. The lowest BCUT2D eigenvalue weighted by molar-refractivity contribution is 0.0869. The molecule has 0 radical (unpaired) electrons. The Kier molecular flexibility index (Phi) is 6.13. The van der Waals surface area contributed by atoms with Crippen LogP contribution in [0.15, 0.2) is 24.3 Å². The molecule has 0 bridgehead atoms. The van der Waals surface area contributed by atoms with Crippen LogP contribution in [0.3, 0.4) is 0 Å². The van der Waals surface area contributed by atoms with Crippen LogP contribution >= 0.6 is 0 Å². The number of ether oxygens (including phenoxy) is 2. The molecule has 0 unspecified atom stereocenters. The number of nitrogens with zero attached hydrogens (tertiary/aromatic N) is 3. The number of carbonyl (C=O) groups is 2. The second-order valence-electron chi connectivity index (χ2n) is 7.02. The Morgan fingerprint density at radius 2 is 2.11 bits per heavy atom. The van der Waals surface area contributed by atoms with E-state index in [0.29, 0.717) is 24.0 Å². The Morgan fingerprint density at radius 3 is 2.82 bits per heavy atom. The van der Waals surface area contributed by atoms with Gasteiger partial charge in [0.15, 0.2) is 22.9 Å². The van der Waals surface area contributed by atoms with Gasteiger partial charge in [0, 0.05) is 6.04 Å². The van der Waals surface area contributed by atoms with Crippen molar-refractivity contribution >= 4 is 11.8 Å². The van der Waals surface area contributed by atoms with E-state index in [9.17, 15) is 9.59 Å². The van der Waals surface area contributed by atoms with Crippen molar-refractivity contribution in [1.82, 2.24) is 25.6 Å². The number of carbonyl (C=O) groups excluding carboxylic acids is 2. The second-order valence-corrected chi connectivity index (χ2v) is 7.02. The minimum atomic E-state index is -0.456. The fraction of sp³-hybridized carbons (Fsp3) is 0.474. The van der Waals surface area contributed by atoms with E-state index >= 15 is 0 Å². The molecule has 2 aromatic rings. The van der Waals surface area contributed by atoms with E-state index in [0.717, 1.165) is 6.42 Å². The Hall–Kier alpha value is -3.10. The minimum Gasteiger partial charge on any atom is -0.493 e. The molecular formula is C19H25N5O4. The minimum absolute atomic E-state index is 0.00753. The lowest BCUT2D eigenvalue weighted by Crippen LogP contribution is -2.46. The monoisotopic (exact) mass is 387 g/mol. The lowest BCUT2D eigenvalue weighted by atomic mass is 10.0. The van der Waals surface area contributed by atoms with Gasteiger partial charge in [-0.2, -0.15) is 0 Å². The average molecular weight is 387 g/mol. The first-order valence-electron chi connectivity index (χ1n) is 9.28. The predicted molar refractivity (Wildman–Crippen MR) is 102 cm³/mol. The molecule has 0 spiro atoms. The van der Waals surface area contributed by atoms with Crippen molar-refractivity contribution in [3.8, 4) is 11.5 Å². The molecule has 150 valence electrons. The fourth-order valence-corrected chi connectivity index (χ4v) is 3.18. The summed E-state index contributed by atoms with van der Waals surface area (Å²) in [6.07, 6.45) is 0.840. The molecule has 3 rings (SSSR count). The molecule has 1 aliphatic rings. The van der Waals surface area contributed by atoms with Gasteiger partial charge in [0.2, 0.25) is 0 Å². The van der Waals surface area contributed by atoms with Crippen molar-refractivity contribution in [3.05, 3.63) is 35.7 Å². The van der Waals surface area contributed by atoms with Gasteiger partial charge in [-0.15, -0.1) is 5.10 Å². The molecule has 1 aromatic carbocycles. The zero-order chi connectivity index (χ0) is 20.1. The molecule has 0 saturated carbocycles. The van der Waals surface area contributed by atoms with Crippen LogP contribution in [0, 0.1) is 5.92 Å². The number of aromatic nitrogens is 3. The highest BCUT2D eigenvalue weighted by molar-refractivity contribution is 6.05. The third-order valence-corrected chi connectivity index (χ3v) is 4.36. The molecule has 2 N–H and O–H groups in total. The van der Waals surface area contributed by atoms with Gasteiger partial charge in [0.25, 0.3) is 11.8 Å². The first kappa shape index (κ1) is 19.7. The van der Waals surface area contributed by atoms with E-state index in [2.05, 4.69) is 34.8 Å². The normalized spacial score (nSPS) is 15.7. The van der Waals surface area contributed by atoms with E-state index in [-0.39, 0.29) is 36.5 Å². The molecule has 9 nitrogen and oxygen atoms in total. The number of amides is 2. The third kappa shape index (κ3) is 4.41. The summed E-state index contributed by atoms with van der Waals surface area (Å²) in [5, 5.41) is 13.5. The molecule has 28 heavy (non-hydrogen) atoms. The van der Waals surface area contributed by atoms with Gasteiger partial charge in [-0.25, -0.2) is 4.68 Å². The van der Waals surface area contributed by atoms with Crippen molar-refractivity contribution in [2.24, 2.45) is 5.92 Å². The average Bonchev–Trinajstić information content (AvgIpc) is 3.09. The van der Waals surface area contributed by atoms with Crippen molar-refractivity contribution in [2.75, 3.05) is 20.3 Å². The highest BCUT2D eigenvalue weighted by atomic mass is 16.5. The number of hydrogen-bond donors (Lipinski definition) is 2. The number of hydrogen-bond acceptors (Lipinski definition) is 6.